The molecule has 2 heterocycles. The summed E-state index contributed by atoms with van der Waals surface area (Å²) in [5, 5.41) is 3.03. The van der Waals surface area contributed by atoms with Gasteiger partial charge in [-0.05, 0) is 34.5 Å². The molecule has 28 heavy (non-hydrogen) atoms. The minimum absolute atomic E-state index is 0.395. The topological polar surface area (TPSA) is 74.2 Å². The fraction of sp³-hybridized carbons (Fsp3) is 0.0435. The van der Waals surface area contributed by atoms with Crippen LogP contribution in [0, 0.1) is 0 Å². The molecule has 0 fully saturated rings. The van der Waals surface area contributed by atoms with Crippen LogP contribution in [-0.4, -0.2) is 17.1 Å². The van der Waals surface area contributed by atoms with Crippen molar-refractivity contribution in [1.82, 2.24) is 9.97 Å². The number of hydrogen-bond acceptors (Lipinski definition) is 5. The van der Waals surface area contributed by atoms with Gasteiger partial charge in [0.05, 0.1) is 12.5 Å². The number of methoxy groups -OCH3 is 1. The number of nitrogens with two attached hydrogens (primary N) is 1. The molecular formula is C23H17N3O2. The number of benzene rings is 3. The molecule has 5 aromatic rings. The molecule has 0 aliphatic heterocycles. The number of aromatic nitrogens is 2. The molecular weight excluding hydrogens is 350 g/mol. The Morgan fingerprint density at radius 1 is 0.857 bits per heavy atom. The van der Waals surface area contributed by atoms with Crippen molar-refractivity contribution in [3.05, 3.63) is 73.1 Å². The third kappa shape index (κ3) is 2.56. The van der Waals surface area contributed by atoms with Gasteiger partial charge in [-0.3, -0.25) is 0 Å². The lowest BCUT2D eigenvalue weighted by Gasteiger charge is -2.07. The molecule has 0 saturated carbocycles. The van der Waals surface area contributed by atoms with Gasteiger partial charge in [0.25, 0.3) is 0 Å². The maximum atomic E-state index is 6.20. The first kappa shape index (κ1) is 16.3. The summed E-state index contributed by atoms with van der Waals surface area (Å²) in [5.74, 6) is 1.90. The lowest BCUT2D eigenvalue weighted by atomic mass is 9.97. The summed E-state index contributed by atoms with van der Waals surface area (Å²) in [7, 11) is 1.65. The predicted molar refractivity (Wildman–Crippen MR) is 111 cm³/mol. The second-order valence-corrected chi connectivity index (χ2v) is 6.54. The van der Waals surface area contributed by atoms with Crippen LogP contribution >= 0.6 is 0 Å². The zero-order valence-corrected chi connectivity index (χ0v) is 15.2. The standard InChI is InChI=1S/C23H17N3O2/c1-27-18-10-8-15(9-11-18)19-20-22(24)25-13-26-23(20)28-21(19)17-7-6-14-4-2-3-5-16(14)12-17/h2-13H,1H3,(H2,24,25,26). The molecule has 0 saturated heterocycles. The molecule has 136 valence electrons. The summed E-state index contributed by atoms with van der Waals surface area (Å²) in [4.78, 5) is 8.45. The van der Waals surface area contributed by atoms with Gasteiger partial charge in [0, 0.05) is 11.1 Å². The van der Waals surface area contributed by atoms with Crippen LogP contribution in [0.1, 0.15) is 0 Å². The predicted octanol–water partition coefficient (Wildman–Crippen LogP) is 5.30. The fourth-order valence-electron chi connectivity index (χ4n) is 3.52. The van der Waals surface area contributed by atoms with Gasteiger partial charge < -0.3 is 14.9 Å². The van der Waals surface area contributed by atoms with Crippen LogP contribution in [0.15, 0.2) is 77.5 Å². The Kier molecular flexibility index (Phi) is 3.72. The van der Waals surface area contributed by atoms with E-state index in [1.165, 1.54) is 11.7 Å². The van der Waals surface area contributed by atoms with E-state index in [1.54, 1.807) is 7.11 Å². The molecule has 2 aromatic heterocycles. The molecule has 0 radical (unpaired) electrons. The van der Waals surface area contributed by atoms with E-state index < -0.39 is 0 Å². The Hall–Kier alpha value is -3.86. The number of nitrogens with zero attached hydrogens (tertiary/aromatic N) is 2. The highest BCUT2D eigenvalue weighted by molar-refractivity contribution is 6.06. The summed E-state index contributed by atoms with van der Waals surface area (Å²) < 4.78 is 11.5. The summed E-state index contributed by atoms with van der Waals surface area (Å²) in [6.07, 6.45) is 1.42. The monoisotopic (exact) mass is 367 g/mol. The average molecular weight is 367 g/mol. The normalized spacial score (nSPS) is 11.2. The molecule has 0 bridgehead atoms. The largest absolute Gasteiger partial charge is 0.497 e. The highest BCUT2D eigenvalue weighted by Gasteiger charge is 2.21. The maximum Gasteiger partial charge on any atom is 0.232 e. The van der Waals surface area contributed by atoms with E-state index in [2.05, 4.69) is 40.3 Å². The van der Waals surface area contributed by atoms with Crippen LogP contribution < -0.4 is 10.5 Å². The molecule has 0 unspecified atom stereocenters. The van der Waals surface area contributed by atoms with Crippen LogP contribution in [0.2, 0.25) is 0 Å². The lowest BCUT2D eigenvalue weighted by molar-refractivity contribution is 0.415. The van der Waals surface area contributed by atoms with Crippen molar-refractivity contribution in [2.45, 2.75) is 0 Å². The number of rotatable bonds is 3. The molecule has 0 aliphatic carbocycles. The Bertz CT molecular complexity index is 1310. The smallest absolute Gasteiger partial charge is 0.232 e. The van der Waals surface area contributed by atoms with E-state index in [1.807, 2.05) is 36.4 Å². The first-order chi connectivity index (χ1) is 13.7. The Morgan fingerprint density at radius 2 is 1.61 bits per heavy atom. The zero-order valence-electron chi connectivity index (χ0n) is 15.2. The van der Waals surface area contributed by atoms with Crippen molar-refractivity contribution in [2.75, 3.05) is 12.8 Å². The van der Waals surface area contributed by atoms with E-state index in [9.17, 15) is 0 Å². The molecule has 0 amide bonds. The average Bonchev–Trinajstić information content (AvgIpc) is 3.14. The molecule has 0 aliphatic rings. The highest BCUT2D eigenvalue weighted by Crippen LogP contribution is 2.42. The van der Waals surface area contributed by atoms with Crippen molar-refractivity contribution >= 4 is 27.7 Å². The minimum atomic E-state index is 0.395. The van der Waals surface area contributed by atoms with Gasteiger partial charge in [-0.25, -0.2) is 9.97 Å². The third-order valence-electron chi connectivity index (χ3n) is 4.91. The first-order valence-electron chi connectivity index (χ1n) is 8.91. The molecule has 5 heteroatoms. The van der Waals surface area contributed by atoms with E-state index in [0.29, 0.717) is 11.5 Å². The molecule has 5 rings (SSSR count). The SMILES string of the molecule is COc1ccc(-c2c(-c3ccc4ccccc4c3)oc3ncnc(N)c23)cc1. The number of furan rings is 1. The van der Waals surface area contributed by atoms with Crippen LogP contribution in [0.3, 0.4) is 0 Å². The van der Waals surface area contributed by atoms with Gasteiger partial charge in [-0.1, -0.05) is 48.5 Å². The van der Waals surface area contributed by atoms with Gasteiger partial charge in [0.15, 0.2) is 0 Å². The van der Waals surface area contributed by atoms with E-state index in [-0.39, 0.29) is 0 Å². The highest BCUT2D eigenvalue weighted by atomic mass is 16.5. The Balaban J connectivity index is 1.81. The Labute approximate surface area is 161 Å². The van der Waals surface area contributed by atoms with Gasteiger partial charge in [-0.2, -0.15) is 0 Å². The van der Waals surface area contributed by atoms with Crippen LogP contribution in [0.4, 0.5) is 5.82 Å². The maximum absolute atomic E-state index is 6.20. The van der Waals surface area contributed by atoms with E-state index >= 15 is 0 Å². The second kappa shape index (κ2) is 6.39. The van der Waals surface area contributed by atoms with Gasteiger partial charge in [-0.15, -0.1) is 0 Å². The van der Waals surface area contributed by atoms with Crippen molar-refractivity contribution in [2.24, 2.45) is 0 Å². The second-order valence-electron chi connectivity index (χ2n) is 6.54. The van der Waals surface area contributed by atoms with Gasteiger partial charge >= 0.3 is 0 Å². The van der Waals surface area contributed by atoms with Gasteiger partial charge in [0.1, 0.15) is 23.7 Å². The number of fused-ring (bicyclic) bond motifs is 2. The number of anilines is 1. The first-order valence-corrected chi connectivity index (χ1v) is 8.91. The third-order valence-corrected chi connectivity index (χ3v) is 4.91. The molecule has 0 spiro atoms. The Morgan fingerprint density at radius 3 is 2.39 bits per heavy atom. The van der Waals surface area contributed by atoms with Crippen molar-refractivity contribution in [3.8, 4) is 28.2 Å². The number of hydrogen-bond donors (Lipinski definition) is 1. The number of ether oxygens (including phenoxy) is 1. The quantitative estimate of drug-likeness (QED) is 0.468. The molecule has 5 nitrogen and oxygen atoms in total. The lowest BCUT2D eigenvalue weighted by Crippen LogP contribution is -1.92. The number of nitrogen functional groups attached to an aromatic ring is 1. The van der Waals surface area contributed by atoms with Crippen LogP contribution in [0.5, 0.6) is 5.75 Å². The molecule has 2 N–H and O–H groups in total. The molecule has 3 aromatic carbocycles. The van der Waals surface area contributed by atoms with E-state index in [0.717, 1.165) is 39.0 Å². The minimum Gasteiger partial charge on any atom is -0.497 e. The van der Waals surface area contributed by atoms with Crippen molar-refractivity contribution in [1.29, 1.82) is 0 Å². The zero-order chi connectivity index (χ0) is 19.1. The summed E-state index contributed by atoms with van der Waals surface area (Å²) in [6.45, 7) is 0. The van der Waals surface area contributed by atoms with Crippen molar-refractivity contribution < 1.29 is 9.15 Å². The summed E-state index contributed by atoms with van der Waals surface area (Å²) in [5.41, 5.74) is 9.47. The fourth-order valence-corrected chi connectivity index (χ4v) is 3.52. The molecule has 0 atom stereocenters. The van der Waals surface area contributed by atoms with Gasteiger partial charge in [0.2, 0.25) is 5.71 Å². The van der Waals surface area contributed by atoms with Crippen molar-refractivity contribution in [3.63, 3.8) is 0 Å². The summed E-state index contributed by atoms with van der Waals surface area (Å²) >= 11 is 0. The van der Waals surface area contributed by atoms with Crippen LogP contribution in [0.25, 0.3) is 44.3 Å². The van der Waals surface area contributed by atoms with Crippen LogP contribution in [-0.2, 0) is 0 Å². The summed E-state index contributed by atoms with van der Waals surface area (Å²) in [6, 6.07) is 22.3. The van der Waals surface area contributed by atoms with E-state index in [4.69, 9.17) is 14.9 Å².